The predicted octanol–water partition coefficient (Wildman–Crippen LogP) is 2.18. The third-order valence-electron chi connectivity index (χ3n) is 4.48. The number of carbonyl (C=O) groups excluding carboxylic acids is 1. The average Bonchev–Trinajstić information content (AvgIpc) is 2.89. The van der Waals surface area contributed by atoms with Crippen molar-refractivity contribution in [1.82, 2.24) is 0 Å². The van der Waals surface area contributed by atoms with Crippen molar-refractivity contribution >= 4 is 11.6 Å². The molecule has 0 saturated carbocycles. The van der Waals surface area contributed by atoms with Gasteiger partial charge in [0.15, 0.2) is 0 Å². The van der Waals surface area contributed by atoms with Crippen molar-refractivity contribution in [3.8, 4) is 5.75 Å². The first-order valence-corrected chi connectivity index (χ1v) is 12.8. The molecule has 0 saturated heterocycles. The highest BCUT2D eigenvalue weighted by Gasteiger charge is 1.98. The van der Waals surface area contributed by atoms with Gasteiger partial charge in [0.05, 0.1) is 99.1 Å². The summed E-state index contributed by atoms with van der Waals surface area (Å²) in [5.41, 5.74) is 0.735. The molecule has 1 aromatic rings. The van der Waals surface area contributed by atoms with Gasteiger partial charge in [-0.1, -0.05) is 0 Å². The molecular formula is C26H45NO10. The van der Waals surface area contributed by atoms with E-state index >= 15 is 0 Å². The molecule has 0 bridgehead atoms. The van der Waals surface area contributed by atoms with Crippen molar-refractivity contribution in [3.63, 3.8) is 0 Å². The molecule has 1 rings (SSSR count). The highest BCUT2D eigenvalue weighted by molar-refractivity contribution is 5.88. The Balaban J connectivity index is 1.71. The molecule has 11 heteroatoms. The summed E-state index contributed by atoms with van der Waals surface area (Å²) in [5, 5.41) is 2.71. The maximum absolute atomic E-state index is 11.0. The van der Waals surface area contributed by atoms with Crippen LogP contribution in [0, 0.1) is 0 Å². The molecule has 1 aromatic carbocycles. The third-order valence-corrected chi connectivity index (χ3v) is 4.48. The number of anilines is 1. The number of rotatable bonds is 27. The summed E-state index contributed by atoms with van der Waals surface area (Å²) >= 11 is 0. The van der Waals surface area contributed by atoms with E-state index in [1.54, 1.807) is 24.3 Å². The van der Waals surface area contributed by atoms with Gasteiger partial charge in [0.25, 0.3) is 0 Å². The highest BCUT2D eigenvalue weighted by Crippen LogP contribution is 2.15. The van der Waals surface area contributed by atoms with E-state index < -0.39 is 0 Å². The van der Waals surface area contributed by atoms with Gasteiger partial charge in [-0.05, 0) is 31.2 Å². The van der Waals surface area contributed by atoms with Crippen molar-refractivity contribution < 1.29 is 47.4 Å². The van der Waals surface area contributed by atoms with Gasteiger partial charge in [0, 0.05) is 19.2 Å². The molecule has 0 heterocycles. The van der Waals surface area contributed by atoms with Gasteiger partial charge in [-0.25, -0.2) is 0 Å². The Kier molecular flexibility index (Phi) is 23.2. The second-order valence-corrected chi connectivity index (χ2v) is 7.54. The van der Waals surface area contributed by atoms with Crippen LogP contribution in [-0.2, 0) is 42.7 Å². The minimum Gasteiger partial charge on any atom is -0.491 e. The second kappa shape index (κ2) is 25.8. The molecule has 37 heavy (non-hydrogen) atoms. The molecular weight excluding hydrogens is 486 g/mol. The summed E-state index contributed by atoms with van der Waals surface area (Å²) < 4.78 is 48.8. The lowest BCUT2D eigenvalue weighted by atomic mass is 10.3. The molecule has 1 amide bonds. The molecule has 0 aliphatic heterocycles. The second-order valence-electron chi connectivity index (χ2n) is 7.54. The maximum Gasteiger partial charge on any atom is 0.221 e. The SMILES string of the molecule is CCOCCOCCOCCOCCOCCOCCOCCOCCOc1ccc(NC(C)=O)cc1. The monoisotopic (exact) mass is 531 g/mol. The number of hydrogen-bond donors (Lipinski definition) is 1. The van der Waals surface area contributed by atoms with Gasteiger partial charge in [-0.2, -0.15) is 0 Å². The predicted molar refractivity (Wildman–Crippen MR) is 138 cm³/mol. The lowest BCUT2D eigenvalue weighted by Gasteiger charge is -2.09. The van der Waals surface area contributed by atoms with E-state index in [-0.39, 0.29) is 5.91 Å². The maximum atomic E-state index is 11.0. The fourth-order valence-corrected chi connectivity index (χ4v) is 2.74. The molecule has 0 aliphatic carbocycles. The van der Waals surface area contributed by atoms with Crippen molar-refractivity contribution in [2.75, 3.05) is 118 Å². The van der Waals surface area contributed by atoms with Gasteiger partial charge in [-0.15, -0.1) is 0 Å². The lowest BCUT2D eigenvalue weighted by Crippen LogP contribution is -2.15. The fraction of sp³-hybridized carbons (Fsp3) is 0.731. The Morgan fingerprint density at radius 1 is 0.541 bits per heavy atom. The molecule has 1 N–H and O–H groups in total. The molecule has 0 fully saturated rings. The topological polar surface area (TPSA) is 112 Å². The van der Waals surface area contributed by atoms with Crippen LogP contribution in [0.1, 0.15) is 13.8 Å². The van der Waals surface area contributed by atoms with Gasteiger partial charge < -0.3 is 47.9 Å². The third kappa shape index (κ3) is 23.0. The smallest absolute Gasteiger partial charge is 0.221 e. The standard InChI is InChI=1S/C26H45NO10/c1-3-29-8-9-30-10-11-31-12-13-32-14-15-33-16-17-34-18-19-35-20-21-36-22-23-37-26-6-4-25(5-7-26)27-24(2)28/h4-7H,3,8-23H2,1-2H3,(H,27,28). The lowest BCUT2D eigenvalue weighted by molar-refractivity contribution is -0.114. The van der Waals surface area contributed by atoms with Crippen LogP contribution in [-0.4, -0.2) is 118 Å². The summed E-state index contributed by atoms with van der Waals surface area (Å²) in [7, 11) is 0. The van der Waals surface area contributed by atoms with Crippen LogP contribution in [0.25, 0.3) is 0 Å². The molecule has 0 unspecified atom stereocenters. The van der Waals surface area contributed by atoms with Crippen LogP contribution in [0.15, 0.2) is 24.3 Å². The number of hydrogen-bond acceptors (Lipinski definition) is 10. The van der Waals surface area contributed by atoms with E-state index in [4.69, 9.17) is 42.6 Å². The van der Waals surface area contributed by atoms with Crippen LogP contribution in [0.3, 0.4) is 0 Å². The molecule has 0 aliphatic rings. The Morgan fingerprint density at radius 3 is 1.19 bits per heavy atom. The largest absolute Gasteiger partial charge is 0.491 e. The van der Waals surface area contributed by atoms with E-state index in [1.807, 2.05) is 6.92 Å². The first-order valence-electron chi connectivity index (χ1n) is 12.8. The number of carbonyl (C=O) groups is 1. The average molecular weight is 532 g/mol. The molecule has 0 aromatic heterocycles. The highest BCUT2D eigenvalue weighted by atomic mass is 16.6. The van der Waals surface area contributed by atoms with E-state index in [0.717, 1.165) is 11.4 Å². The first-order chi connectivity index (χ1) is 18.2. The Hall–Kier alpha value is -1.83. The van der Waals surface area contributed by atoms with E-state index in [0.29, 0.717) is 112 Å². The normalized spacial score (nSPS) is 11.1. The molecule has 11 nitrogen and oxygen atoms in total. The Morgan fingerprint density at radius 2 is 0.865 bits per heavy atom. The van der Waals surface area contributed by atoms with Crippen LogP contribution in [0.4, 0.5) is 5.69 Å². The minimum absolute atomic E-state index is 0.104. The van der Waals surface area contributed by atoms with Crippen molar-refractivity contribution in [2.24, 2.45) is 0 Å². The van der Waals surface area contributed by atoms with E-state index in [1.165, 1.54) is 6.92 Å². The van der Waals surface area contributed by atoms with Gasteiger partial charge >= 0.3 is 0 Å². The van der Waals surface area contributed by atoms with Crippen molar-refractivity contribution in [3.05, 3.63) is 24.3 Å². The fourth-order valence-electron chi connectivity index (χ4n) is 2.74. The van der Waals surface area contributed by atoms with Gasteiger partial charge in [0.1, 0.15) is 12.4 Å². The number of amides is 1. The number of ether oxygens (including phenoxy) is 9. The molecule has 214 valence electrons. The summed E-state index contributed by atoms with van der Waals surface area (Å²) in [4.78, 5) is 11.0. The van der Waals surface area contributed by atoms with Crippen LogP contribution in [0.5, 0.6) is 5.75 Å². The summed E-state index contributed by atoms with van der Waals surface area (Å²) in [6, 6.07) is 7.18. The summed E-state index contributed by atoms with van der Waals surface area (Å²) in [6.07, 6.45) is 0. The van der Waals surface area contributed by atoms with Crippen LogP contribution in [0.2, 0.25) is 0 Å². The van der Waals surface area contributed by atoms with Crippen LogP contribution < -0.4 is 10.1 Å². The zero-order chi connectivity index (χ0) is 26.7. The van der Waals surface area contributed by atoms with Crippen molar-refractivity contribution in [2.45, 2.75) is 13.8 Å². The van der Waals surface area contributed by atoms with Gasteiger partial charge in [0.2, 0.25) is 5.91 Å². The van der Waals surface area contributed by atoms with E-state index in [9.17, 15) is 4.79 Å². The van der Waals surface area contributed by atoms with Crippen molar-refractivity contribution in [1.29, 1.82) is 0 Å². The summed E-state index contributed by atoms with van der Waals surface area (Å²) in [5.74, 6) is 0.617. The first kappa shape index (κ1) is 33.2. The quantitative estimate of drug-likeness (QED) is 0.170. The molecule has 0 radical (unpaired) electrons. The zero-order valence-corrected chi connectivity index (χ0v) is 22.4. The number of nitrogens with one attached hydrogen (secondary N) is 1. The minimum atomic E-state index is -0.104. The summed E-state index contributed by atoms with van der Waals surface area (Å²) in [6.45, 7) is 12.5. The zero-order valence-electron chi connectivity index (χ0n) is 22.4. The van der Waals surface area contributed by atoms with Gasteiger partial charge in [-0.3, -0.25) is 4.79 Å². The van der Waals surface area contributed by atoms with E-state index in [2.05, 4.69) is 5.32 Å². The Labute approximate surface area is 220 Å². The van der Waals surface area contributed by atoms with Crippen LogP contribution >= 0.6 is 0 Å². The molecule has 0 spiro atoms. The Bertz CT molecular complexity index is 632. The number of benzene rings is 1. The molecule has 0 atom stereocenters.